The fraction of sp³-hybridized carbons (Fsp3) is 0.429. The van der Waals surface area contributed by atoms with Gasteiger partial charge in [-0.3, -0.25) is 9.59 Å². The second kappa shape index (κ2) is 4.12. The molecule has 0 fully saturated rings. The zero-order valence-corrected chi connectivity index (χ0v) is 10.2. The molecule has 1 unspecified atom stereocenters. The van der Waals surface area contributed by atoms with E-state index in [1.54, 1.807) is 6.07 Å². The quantitative estimate of drug-likeness (QED) is 0.563. The number of esters is 2. The van der Waals surface area contributed by atoms with Crippen LogP contribution in [0.2, 0.25) is 0 Å². The van der Waals surface area contributed by atoms with E-state index in [1.807, 2.05) is 13.0 Å². The molecule has 0 bridgehead atoms. The number of hydrogen-bond donors (Lipinski definition) is 0. The van der Waals surface area contributed by atoms with Crippen LogP contribution >= 0.6 is 0 Å². The van der Waals surface area contributed by atoms with Crippen molar-refractivity contribution in [3.63, 3.8) is 0 Å². The maximum atomic E-state index is 11.7. The highest BCUT2D eigenvalue weighted by Gasteiger charge is 2.33. The maximum absolute atomic E-state index is 11.7. The second-order valence-corrected chi connectivity index (χ2v) is 4.71. The molecule has 0 amide bonds. The van der Waals surface area contributed by atoms with Crippen molar-refractivity contribution in [3.05, 3.63) is 23.3 Å². The summed E-state index contributed by atoms with van der Waals surface area (Å²) in [5.41, 5.74) is 1.79. The van der Waals surface area contributed by atoms with Crippen molar-refractivity contribution >= 4 is 11.9 Å². The Morgan fingerprint density at radius 2 is 2.00 bits per heavy atom. The van der Waals surface area contributed by atoms with Gasteiger partial charge < -0.3 is 9.47 Å². The summed E-state index contributed by atoms with van der Waals surface area (Å²) >= 11 is 0. The summed E-state index contributed by atoms with van der Waals surface area (Å²) in [6.07, 6.45) is 2.69. The van der Waals surface area contributed by atoms with Crippen molar-refractivity contribution in [1.29, 1.82) is 0 Å². The molecule has 1 aromatic rings. The number of rotatable bonds is 1. The van der Waals surface area contributed by atoms with Gasteiger partial charge in [-0.05, 0) is 37.0 Å². The number of carbonyl (C=O) groups excluding carboxylic acids is 2. The van der Waals surface area contributed by atoms with Crippen molar-refractivity contribution in [1.82, 2.24) is 0 Å². The molecule has 0 aliphatic carbocycles. The number of carbonyl (C=O) groups is 2. The zero-order chi connectivity index (χ0) is 12.7. The van der Waals surface area contributed by atoms with Crippen LogP contribution in [0.3, 0.4) is 0 Å². The van der Waals surface area contributed by atoms with E-state index >= 15 is 0 Å². The van der Waals surface area contributed by atoms with Crippen LogP contribution < -0.4 is 9.47 Å². The van der Waals surface area contributed by atoms with Crippen LogP contribution in [0.1, 0.15) is 43.2 Å². The van der Waals surface area contributed by atoms with E-state index in [-0.39, 0.29) is 17.9 Å². The molecule has 0 saturated heterocycles. The molecule has 2 aliphatic rings. The molecule has 0 spiro atoms. The molecular weight excluding hydrogens is 232 g/mol. The predicted octanol–water partition coefficient (Wildman–Crippen LogP) is 2.34. The summed E-state index contributed by atoms with van der Waals surface area (Å²) in [5.74, 6) is 0.579. The van der Waals surface area contributed by atoms with E-state index in [9.17, 15) is 9.59 Å². The van der Waals surface area contributed by atoms with Crippen molar-refractivity contribution in [2.24, 2.45) is 0 Å². The average Bonchev–Trinajstić information content (AvgIpc) is 2.51. The van der Waals surface area contributed by atoms with Crippen LogP contribution in [0, 0.1) is 0 Å². The Labute approximate surface area is 105 Å². The highest BCUT2D eigenvalue weighted by atomic mass is 16.5. The number of fused-ring (bicyclic) bond motifs is 2. The van der Waals surface area contributed by atoms with E-state index in [0.717, 1.165) is 24.0 Å². The molecule has 94 valence electrons. The topological polar surface area (TPSA) is 52.6 Å². The zero-order valence-electron chi connectivity index (χ0n) is 10.2. The van der Waals surface area contributed by atoms with Gasteiger partial charge in [-0.15, -0.1) is 0 Å². The van der Waals surface area contributed by atoms with Gasteiger partial charge in [0.25, 0.3) is 0 Å². The Kier molecular flexibility index (Phi) is 2.58. The molecule has 4 heteroatoms. The molecule has 0 radical (unpaired) electrons. The first-order chi connectivity index (χ1) is 8.69. The summed E-state index contributed by atoms with van der Waals surface area (Å²) in [6, 6.07) is 3.64. The van der Waals surface area contributed by atoms with Crippen molar-refractivity contribution in [3.8, 4) is 11.5 Å². The summed E-state index contributed by atoms with van der Waals surface area (Å²) in [6.45, 7) is 1.94. The smallest absolute Gasteiger partial charge is 0.318 e. The Hall–Kier alpha value is -1.84. The molecule has 0 aromatic heterocycles. The minimum Gasteiger partial charge on any atom is -0.426 e. The monoisotopic (exact) mass is 246 g/mol. The first kappa shape index (κ1) is 11.3. The van der Waals surface area contributed by atoms with Gasteiger partial charge in [0.1, 0.15) is 11.5 Å². The summed E-state index contributed by atoms with van der Waals surface area (Å²) in [5, 5.41) is 0. The minimum absolute atomic E-state index is 0.202. The fourth-order valence-corrected chi connectivity index (χ4v) is 2.56. The number of ether oxygens (including phenoxy) is 2. The number of aryl methyl sites for hydroxylation is 1. The van der Waals surface area contributed by atoms with Gasteiger partial charge in [-0.1, -0.05) is 6.92 Å². The van der Waals surface area contributed by atoms with Crippen LogP contribution in [0.5, 0.6) is 11.5 Å². The lowest BCUT2D eigenvalue weighted by molar-refractivity contribution is -0.135. The van der Waals surface area contributed by atoms with E-state index in [1.165, 1.54) is 0 Å². The Morgan fingerprint density at radius 1 is 1.17 bits per heavy atom. The summed E-state index contributed by atoms with van der Waals surface area (Å²) in [7, 11) is 0. The van der Waals surface area contributed by atoms with E-state index in [4.69, 9.17) is 9.47 Å². The lowest BCUT2D eigenvalue weighted by Gasteiger charge is -2.09. The summed E-state index contributed by atoms with van der Waals surface area (Å²) in [4.78, 5) is 23.1. The van der Waals surface area contributed by atoms with Gasteiger partial charge in [0.05, 0.1) is 5.92 Å². The highest BCUT2D eigenvalue weighted by molar-refractivity contribution is 5.87. The number of hydrogen-bond acceptors (Lipinski definition) is 4. The van der Waals surface area contributed by atoms with Gasteiger partial charge in [-0.2, -0.15) is 0 Å². The second-order valence-electron chi connectivity index (χ2n) is 4.71. The molecule has 1 atom stereocenters. The molecule has 0 N–H and O–H groups in total. The highest BCUT2D eigenvalue weighted by Crippen LogP contribution is 2.41. The predicted molar refractivity (Wildman–Crippen MR) is 63.7 cm³/mol. The van der Waals surface area contributed by atoms with Crippen molar-refractivity contribution < 1.29 is 19.1 Å². The fourth-order valence-electron chi connectivity index (χ4n) is 2.56. The molecular formula is C14H14O4. The third kappa shape index (κ3) is 1.68. The Morgan fingerprint density at radius 3 is 2.78 bits per heavy atom. The average molecular weight is 246 g/mol. The third-order valence-corrected chi connectivity index (χ3v) is 3.52. The molecule has 1 aromatic carbocycles. The lowest BCUT2D eigenvalue weighted by atomic mass is 9.95. The van der Waals surface area contributed by atoms with E-state index < -0.39 is 0 Å². The van der Waals surface area contributed by atoms with Crippen LogP contribution in [0.15, 0.2) is 12.1 Å². The van der Waals surface area contributed by atoms with Crippen LogP contribution in [0.4, 0.5) is 0 Å². The van der Waals surface area contributed by atoms with Gasteiger partial charge in [-0.25, -0.2) is 0 Å². The molecule has 0 saturated carbocycles. The molecule has 2 heterocycles. The first-order valence-electron chi connectivity index (χ1n) is 6.28. The van der Waals surface area contributed by atoms with Crippen molar-refractivity contribution in [2.45, 2.75) is 38.5 Å². The van der Waals surface area contributed by atoms with Crippen LogP contribution in [-0.4, -0.2) is 11.9 Å². The number of benzene rings is 1. The molecule has 18 heavy (non-hydrogen) atoms. The minimum atomic E-state index is -0.229. The normalized spacial score (nSPS) is 21.7. The SMILES string of the molecule is CCC1C(=O)Oc2cc3c(cc21)OC(=O)CCC3. The largest absolute Gasteiger partial charge is 0.426 e. The van der Waals surface area contributed by atoms with Gasteiger partial charge in [0, 0.05) is 12.0 Å². The van der Waals surface area contributed by atoms with Gasteiger partial charge in [0.15, 0.2) is 0 Å². The Bertz CT molecular complexity index is 533. The molecule has 4 nitrogen and oxygen atoms in total. The van der Waals surface area contributed by atoms with Crippen LogP contribution in [0.25, 0.3) is 0 Å². The standard InChI is InChI=1S/C14H14O4/c1-2-9-10-7-11-8(4-3-5-13(15)17-11)6-12(10)18-14(9)16/h6-7,9H,2-5H2,1H3. The molecule has 2 aliphatic heterocycles. The van der Waals surface area contributed by atoms with Gasteiger partial charge >= 0.3 is 11.9 Å². The Balaban J connectivity index is 2.07. The lowest BCUT2D eigenvalue weighted by Crippen LogP contribution is -2.09. The van der Waals surface area contributed by atoms with Crippen molar-refractivity contribution in [2.75, 3.05) is 0 Å². The van der Waals surface area contributed by atoms with Gasteiger partial charge in [0.2, 0.25) is 0 Å². The van der Waals surface area contributed by atoms with Crippen LogP contribution in [-0.2, 0) is 16.0 Å². The maximum Gasteiger partial charge on any atom is 0.318 e. The summed E-state index contributed by atoms with van der Waals surface area (Å²) < 4.78 is 10.6. The van der Waals surface area contributed by atoms with E-state index in [2.05, 4.69) is 0 Å². The molecule has 3 rings (SSSR count). The van der Waals surface area contributed by atoms with E-state index in [0.29, 0.717) is 24.3 Å². The third-order valence-electron chi connectivity index (χ3n) is 3.52. The first-order valence-corrected chi connectivity index (χ1v) is 6.28.